The molecule has 4 nitrogen and oxygen atoms in total. The third-order valence-electron chi connectivity index (χ3n) is 3.69. The van der Waals surface area contributed by atoms with Crippen molar-refractivity contribution in [2.24, 2.45) is 5.92 Å². The van der Waals surface area contributed by atoms with Crippen LogP contribution < -0.4 is 5.32 Å². The Morgan fingerprint density at radius 3 is 2.75 bits per heavy atom. The highest BCUT2D eigenvalue weighted by atomic mass is 16.5. The van der Waals surface area contributed by atoms with E-state index in [1.54, 1.807) is 0 Å². The molecule has 16 heavy (non-hydrogen) atoms. The van der Waals surface area contributed by atoms with E-state index < -0.39 is 0 Å². The van der Waals surface area contributed by atoms with Crippen molar-refractivity contribution in [1.29, 1.82) is 0 Å². The van der Waals surface area contributed by atoms with Crippen LogP contribution in [0.3, 0.4) is 0 Å². The molecular formula is C12H21NO3. The Bertz CT molecular complexity index is 238. The monoisotopic (exact) mass is 227 g/mol. The first-order valence-corrected chi connectivity index (χ1v) is 6.34. The molecule has 0 aromatic rings. The second-order valence-corrected chi connectivity index (χ2v) is 4.84. The molecule has 2 N–H and O–H groups in total. The molecule has 2 rings (SSSR count). The summed E-state index contributed by atoms with van der Waals surface area (Å²) in [5.41, 5.74) is 0. The Labute approximate surface area is 96.4 Å². The van der Waals surface area contributed by atoms with Gasteiger partial charge >= 0.3 is 0 Å². The third-order valence-corrected chi connectivity index (χ3v) is 3.69. The second kappa shape index (κ2) is 5.64. The lowest BCUT2D eigenvalue weighted by atomic mass is 9.85. The molecule has 4 heteroatoms. The number of nitrogens with one attached hydrogen (secondary N) is 1. The van der Waals surface area contributed by atoms with Gasteiger partial charge in [0.1, 0.15) is 6.10 Å². The predicted octanol–water partition coefficient (Wildman–Crippen LogP) is 0.833. The number of rotatable bonds is 3. The normalized spacial score (nSPS) is 34.9. The highest BCUT2D eigenvalue weighted by Crippen LogP contribution is 2.24. The van der Waals surface area contributed by atoms with E-state index >= 15 is 0 Å². The number of carbonyl (C=O) groups excluding carboxylic acids is 1. The van der Waals surface area contributed by atoms with Gasteiger partial charge in [-0.25, -0.2) is 0 Å². The lowest BCUT2D eigenvalue weighted by Gasteiger charge is -2.31. The number of aliphatic hydroxyl groups excluding tert-OH is 1. The summed E-state index contributed by atoms with van der Waals surface area (Å²) in [6, 6.07) is 0.149. The van der Waals surface area contributed by atoms with Gasteiger partial charge in [-0.2, -0.15) is 0 Å². The van der Waals surface area contributed by atoms with E-state index in [9.17, 15) is 9.90 Å². The number of amides is 1. The summed E-state index contributed by atoms with van der Waals surface area (Å²) < 4.78 is 5.35. The molecule has 2 aliphatic rings. The second-order valence-electron chi connectivity index (χ2n) is 4.84. The predicted molar refractivity (Wildman–Crippen MR) is 59.9 cm³/mol. The maximum Gasteiger partial charge on any atom is 0.249 e. The van der Waals surface area contributed by atoms with Crippen molar-refractivity contribution in [1.82, 2.24) is 5.32 Å². The Kier molecular flexibility index (Phi) is 4.18. The van der Waals surface area contributed by atoms with Crippen molar-refractivity contribution in [3.63, 3.8) is 0 Å². The van der Waals surface area contributed by atoms with Gasteiger partial charge in [0, 0.05) is 25.2 Å². The largest absolute Gasteiger partial charge is 0.396 e. The fourth-order valence-electron chi connectivity index (χ4n) is 2.68. The summed E-state index contributed by atoms with van der Waals surface area (Å²) in [5, 5.41) is 12.3. The van der Waals surface area contributed by atoms with Gasteiger partial charge in [-0.3, -0.25) is 4.79 Å². The average Bonchev–Trinajstić information content (AvgIpc) is 2.83. The lowest BCUT2D eigenvalue weighted by Crippen LogP contribution is -2.47. The summed E-state index contributed by atoms with van der Waals surface area (Å²) >= 11 is 0. The first kappa shape index (κ1) is 11.9. The number of aliphatic hydroxyl groups is 1. The van der Waals surface area contributed by atoms with Crippen molar-refractivity contribution < 1.29 is 14.6 Å². The van der Waals surface area contributed by atoms with Crippen LogP contribution in [-0.4, -0.2) is 36.4 Å². The molecule has 0 aromatic heterocycles. The van der Waals surface area contributed by atoms with E-state index in [4.69, 9.17) is 4.74 Å². The van der Waals surface area contributed by atoms with Crippen molar-refractivity contribution in [2.75, 3.05) is 13.2 Å². The minimum atomic E-state index is -0.249. The number of hydrogen-bond donors (Lipinski definition) is 2. The van der Waals surface area contributed by atoms with E-state index in [0.717, 1.165) is 38.5 Å². The van der Waals surface area contributed by atoms with Crippen molar-refractivity contribution in [3.05, 3.63) is 0 Å². The first-order valence-electron chi connectivity index (χ1n) is 6.34. The quantitative estimate of drug-likeness (QED) is 0.751. The zero-order valence-electron chi connectivity index (χ0n) is 9.65. The molecule has 2 fully saturated rings. The van der Waals surface area contributed by atoms with Crippen LogP contribution in [0.1, 0.15) is 38.5 Å². The Morgan fingerprint density at radius 1 is 1.25 bits per heavy atom. The molecule has 0 spiro atoms. The zero-order chi connectivity index (χ0) is 11.4. The van der Waals surface area contributed by atoms with E-state index in [0.29, 0.717) is 6.61 Å². The van der Waals surface area contributed by atoms with Gasteiger partial charge in [0.15, 0.2) is 0 Å². The summed E-state index contributed by atoms with van der Waals surface area (Å²) in [6.07, 6.45) is 5.89. The van der Waals surface area contributed by atoms with Crippen LogP contribution in [0.5, 0.6) is 0 Å². The Hall–Kier alpha value is -0.610. The molecule has 1 saturated carbocycles. The highest BCUT2D eigenvalue weighted by Gasteiger charge is 2.30. The van der Waals surface area contributed by atoms with Gasteiger partial charge in [-0.15, -0.1) is 0 Å². The molecule has 0 aromatic carbocycles. The van der Waals surface area contributed by atoms with Crippen LogP contribution in [-0.2, 0) is 9.53 Å². The van der Waals surface area contributed by atoms with Crippen LogP contribution in [0, 0.1) is 5.92 Å². The van der Waals surface area contributed by atoms with Gasteiger partial charge < -0.3 is 15.2 Å². The summed E-state index contributed by atoms with van der Waals surface area (Å²) in [5.74, 6) is 0.252. The van der Waals surface area contributed by atoms with Crippen LogP contribution >= 0.6 is 0 Å². The number of hydrogen-bond acceptors (Lipinski definition) is 3. The first-order chi connectivity index (χ1) is 7.81. The smallest absolute Gasteiger partial charge is 0.249 e. The number of carbonyl (C=O) groups is 1. The highest BCUT2D eigenvalue weighted by molar-refractivity contribution is 5.81. The van der Waals surface area contributed by atoms with E-state index in [-0.39, 0.29) is 30.6 Å². The molecule has 1 amide bonds. The standard InChI is InChI=1S/C12H21NO3/c14-8-9-4-1-2-5-10(9)13-12(15)11-6-3-7-16-11/h9-11,14H,1-8H2,(H,13,15)/t9?,10?,11-/m0/s1. The summed E-state index contributed by atoms with van der Waals surface area (Å²) in [6.45, 7) is 0.878. The van der Waals surface area contributed by atoms with Crippen LogP contribution in [0.15, 0.2) is 0 Å². The zero-order valence-corrected chi connectivity index (χ0v) is 9.65. The van der Waals surface area contributed by atoms with Gasteiger partial charge in [-0.05, 0) is 25.7 Å². The van der Waals surface area contributed by atoms with E-state index in [1.807, 2.05) is 0 Å². The third kappa shape index (κ3) is 2.74. The molecule has 1 aliphatic heterocycles. The fourth-order valence-corrected chi connectivity index (χ4v) is 2.68. The molecule has 92 valence electrons. The van der Waals surface area contributed by atoms with Crippen LogP contribution in [0.2, 0.25) is 0 Å². The minimum Gasteiger partial charge on any atom is -0.396 e. The van der Waals surface area contributed by atoms with Gasteiger partial charge in [0.25, 0.3) is 0 Å². The lowest BCUT2D eigenvalue weighted by molar-refractivity contribution is -0.131. The van der Waals surface area contributed by atoms with Gasteiger partial charge in [0.2, 0.25) is 5.91 Å². The van der Waals surface area contributed by atoms with Crippen molar-refractivity contribution in [3.8, 4) is 0 Å². The molecule has 2 unspecified atom stereocenters. The molecule has 1 heterocycles. The SMILES string of the molecule is O=C(NC1CCCCC1CO)[C@@H]1CCCO1. The maximum atomic E-state index is 11.9. The topological polar surface area (TPSA) is 58.6 Å². The Morgan fingerprint density at radius 2 is 2.06 bits per heavy atom. The van der Waals surface area contributed by atoms with Gasteiger partial charge in [0.05, 0.1) is 0 Å². The van der Waals surface area contributed by atoms with Crippen molar-refractivity contribution >= 4 is 5.91 Å². The Balaban J connectivity index is 1.84. The maximum absolute atomic E-state index is 11.9. The molecular weight excluding hydrogens is 206 g/mol. The minimum absolute atomic E-state index is 0.0165. The molecule has 1 saturated heterocycles. The van der Waals surface area contributed by atoms with Crippen molar-refractivity contribution in [2.45, 2.75) is 50.7 Å². The van der Waals surface area contributed by atoms with Gasteiger partial charge in [-0.1, -0.05) is 12.8 Å². The summed E-state index contributed by atoms with van der Waals surface area (Å²) in [4.78, 5) is 11.9. The molecule has 0 bridgehead atoms. The van der Waals surface area contributed by atoms with Crippen LogP contribution in [0.4, 0.5) is 0 Å². The van der Waals surface area contributed by atoms with E-state index in [1.165, 1.54) is 0 Å². The average molecular weight is 227 g/mol. The number of ether oxygens (including phenoxy) is 1. The molecule has 1 aliphatic carbocycles. The molecule has 3 atom stereocenters. The fraction of sp³-hybridized carbons (Fsp3) is 0.917. The molecule has 0 radical (unpaired) electrons. The van der Waals surface area contributed by atoms with E-state index in [2.05, 4.69) is 5.32 Å². The summed E-state index contributed by atoms with van der Waals surface area (Å²) in [7, 11) is 0. The van der Waals surface area contributed by atoms with Crippen LogP contribution in [0.25, 0.3) is 0 Å².